The molecule has 3 nitrogen and oxygen atoms in total. The van der Waals surface area contributed by atoms with Gasteiger partial charge < -0.3 is 10.4 Å². The Morgan fingerprint density at radius 3 is 2.43 bits per heavy atom. The fraction of sp³-hybridized carbons (Fsp3) is 0.133. The summed E-state index contributed by atoms with van der Waals surface area (Å²) in [6.07, 6.45) is -4.60. The van der Waals surface area contributed by atoms with Crippen LogP contribution in [0.25, 0.3) is 0 Å². The molecule has 0 saturated heterocycles. The van der Waals surface area contributed by atoms with Gasteiger partial charge in [0.2, 0.25) is 0 Å². The summed E-state index contributed by atoms with van der Waals surface area (Å²) in [6, 6.07) is 8.76. The van der Waals surface area contributed by atoms with E-state index in [4.69, 9.17) is 0 Å². The number of aromatic hydroxyl groups is 1. The standard InChI is InChI=1S/C15H12F3NO2/c1-9-8-10(20)6-7-13(9)19-14(21)11-4-2-3-5-12(11)15(16,17)18/h2-8,20H,1H3,(H,19,21). The van der Waals surface area contributed by atoms with Gasteiger partial charge in [0.25, 0.3) is 5.91 Å². The zero-order valence-corrected chi connectivity index (χ0v) is 11.0. The third-order valence-corrected chi connectivity index (χ3v) is 2.94. The van der Waals surface area contributed by atoms with Gasteiger partial charge in [-0.15, -0.1) is 0 Å². The van der Waals surface area contributed by atoms with E-state index in [0.717, 1.165) is 12.1 Å². The van der Waals surface area contributed by atoms with Crippen molar-refractivity contribution in [2.75, 3.05) is 5.32 Å². The molecule has 0 spiro atoms. The number of anilines is 1. The number of rotatable bonds is 2. The van der Waals surface area contributed by atoms with Gasteiger partial charge in [-0.2, -0.15) is 13.2 Å². The number of halogens is 3. The molecule has 0 aliphatic rings. The van der Waals surface area contributed by atoms with E-state index in [1.165, 1.54) is 30.3 Å². The molecular formula is C15H12F3NO2. The van der Waals surface area contributed by atoms with Crippen LogP contribution in [0.4, 0.5) is 18.9 Å². The van der Waals surface area contributed by atoms with Gasteiger partial charge in [0.1, 0.15) is 5.75 Å². The molecule has 2 aromatic rings. The van der Waals surface area contributed by atoms with Gasteiger partial charge in [0.15, 0.2) is 0 Å². The van der Waals surface area contributed by atoms with E-state index in [1.54, 1.807) is 6.92 Å². The van der Waals surface area contributed by atoms with Crippen LogP contribution in [0, 0.1) is 6.92 Å². The molecule has 2 N–H and O–H groups in total. The lowest BCUT2D eigenvalue weighted by molar-refractivity contribution is -0.137. The Morgan fingerprint density at radius 1 is 1.14 bits per heavy atom. The summed E-state index contributed by atoms with van der Waals surface area (Å²) in [5, 5.41) is 11.7. The summed E-state index contributed by atoms with van der Waals surface area (Å²) < 4.78 is 38.6. The molecule has 0 atom stereocenters. The highest BCUT2D eigenvalue weighted by Gasteiger charge is 2.34. The van der Waals surface area contributed by atoms with Crippen molar-refractivity contribution < 1.29 is 23.1 Å². The number of carbonyl (C=O) groups excluding carboxylic acids is 1. The smallest absolute Gasteiger partial charge is 0.417 e. The predicted octanol–water partition coefficient (Wildman–Crippen LogP) is 3.97. The molecule has 6 heteroatoms. The number of hydrogen-bond acceptors (Lipinski definition) is 2. The maximum absolute atomic E-state index is 12.9. The number of hydrogen-bond donors (Lipinski definition) is 2. The Labute approximate surface area is 119 Å². The van der Waals surface area contributed by atoms with Crippen molar-refractivity contribution in [3.05, 3.63) is 59.2 Å². The molecule has 2 rings (SSSR count). The average Bonchev–Trinajstić information content (AvgIpc) is 2.41. The number of phenolic OH excluding ortho intramolecular Hbond substituents is 1. The van der Waals surface area contributed by atoms with Crippen molar-refractivity contribution in [3.63, 3.8) is 0 Å². The van der Waals surface area contributed by atoms with Gasteiger partial charge in [0.05, 0.1) is 11.1 Å². The fourth-order valence-electron chi connectivity index (χ4n) is 1.91. The first kappa shape index (κ1) is 14.9. The van der Waals surface area contributed by atoms with Crippen molar-refractivity contribution >= 4 is 11.6 Å². The zero-order chi connectivity index (χ0) is 15.6. The molecule has 0 aliphatic carbocycles. The normalized spacial score (nSPS) is 11.2. The Balaban J connectivity index is 2.33. The van der Waals surface area contributed by atoms with Crippen LogP contribution in [0.15, 0.2) is 42.5 Å². The summed E-state index contributed by atoms with van der Waals surface area (Å²) in [5.74, 6) is -0.835. The zero-order valence-electron chi connectivity index (χ0n) is 11.0. The first-order chi connectivity index (χ1) is 9.79. The van der Waals surface area contributed by atoms with Crippen LogP contribution in [0.5, 0.6) is 5.75 Å². The second-order valence-corrected chi connectivity index (χ2v) is 4.50. The molecule has 0 radical (unpaired) electrons. The van der Waals surface area contributed by atoms with E-state index in [0.29, 0.717) is 11.3 Å². The van der Waals surface area contributed by atoms with Crippen LogP contribution in [-0.4, -0.2) is 11.0 Å². The number of alkyl halides is 3. The molecule has 21 heavy (non-hydrogen) atoms. The Bertz CT molecular complexity index is 681. The summed E-state index contributed by atoms with van der Waals surface area (Å²) in [4.78, 5) is 12.0. The van der Waals surface area contributed by atoms with Crippen LogP contribution in [0.1, 0.15) is 21.5 Å². The number of carbonyl (C=O) groups is 1. The van der Waals surface area contributed by atoms with Crippen LogP contribution in [0.3, 0.4) is 0 Å². The number of aryl methyl sites for hydroxylation is 1. The lowest BCUT2D eigenvalue weighted by Gasteiger charge is -2.13. The molecule has 110 valence electrons. The van der Waals surface area contributed by atoms with E-state index in [2.05, 4.69) is 5.32 Å². The van der Waals surface area contributed by atoms with Crippen molar-refractivity contribution in [1.29, 1.82) is 0 Å². The average molecular weight is 295 g/mol. The van der Waals surface area contributed by atoms with Crippen molar-refractivity contribution in [2.45, 2.75) is 13.1 Å². The highest BCUT2D eigenvalue weighted by atomic mass is 19.4. The molecule has 0 aromatic heterocycles. The van der Waals surface area contributed by atoms with Gasteiger partial charge >= 0.3 is 6.18 Å². The molecule has 0 saturated carbocycles. The minimum atomic E-state index is -4.60. The first-order valence-electron chi connectivity index (χ1n) is 6.06. The quantitative estimate of drug-likeness (QED) is 0.824. The lowest BCUT2D eigenvalue weighted by atomic mass is 10.1. The summed E-state index contributed by atoms with van der Waals surface area (Å²) >= 11 is 0. The summed E-state index contributed by atoms with van der Waals surface area (Å²) in [7, 11) is 0. The van der Waals surface area contributed by atoms with Gasteiger partial charge in [-0.25, -0.2) is 0 Å². The molecule has 0 fully saturated rings. The second kappa shape index (κ2) is 5.47. The van der Waals surface area contributed by atoms with Gasteiger partial charge in [-0.05, 0) is 42.8 Å². The number of benzene rings is 2. The topological polar surface area (TPSA) is 49.3 Å². The molecule has 2 aromatic carbocycles. The van der Waals surface area contributed by atoms with Crippen LogP contribution < -0.4 is 5.32 Å². The predicted molar refractivity (Wildman–Crippen MR) is 72.2 cm³/mol. The molecular weight excluding hydrogens is 283 g/mol. The molecule has 0 aliphatic heterocycles. The molecule has 0 unspecified atom stereocenters. The monoisotopic (exact) mass is 295 g/mol. The lowest BCUT2D eigenvalue weighted by Crippen LogP contribution is -2.19. The highest BCUT2D eigenvalue weighted by Crippen LogP contribution is 2.32. The molecule has 0 bridgehead atoms. The number of nitrogens with one attached hydrogen (secondary N) is 1. The number of phenols is 1. The van der Waals surface area contributed by atoms with Crippen LogP contribution in [-0.2, 0) is 6.18 Å². The maximum Gasteiger partial charge on any atom is 0.417 e. The minimum absolute atomic E-state index is 0.0150. The van der Waals surface area contributed by atoms with Gasteiger partial charge in [0, 0.05) is 5.69 Å². The summed E-state index contributed by atoms with van der Waals surface area (Å²) in [5.41, 5.74) is -0.543. The van der Waals surface area contributed by atoms with Crippen LogP contribution in [0.2, 0.25) is 0 Å². The third kappa shape index (κ3) is 3.34. The fourth-order valence-corrected chi connectivity index (χ4v) is 1.91. The van der Waals surface area contributed by atoms with E-state index in [-0.39, 0.29) is 5.75 Å². The van der Waals surface area contributed by atoms with Crippen molar-refractivity contribution in [3.8, 4) is 5.75 Å². The van der Waals surface area contributed by atoms with Crippen molar-refractivity contribution in [1.82, 2.24) is 0 Å². The van der Waals surface area contributed by atoms with Gasteiger partial charge in [-0.1, -0.05) is 12.1 Å². The second-order valence-electron chi connectivity index (χ2n) is 4.50. The summed E-state index contributed by atoms with van der Waals surface area (Å²) in [6.45, 7) is 1.63. The minimum Gasteiger partial charge on any atom is -0.508 e. The van der Waals surface area contributed by atoms with Crippen molar-refractivity contribution in [2.24, 2.45) is 0 Å². The molecule has 1 amide bonds. The Morgan fingerprint density at radius 2 is 1.81 bits per heavy atom. The maximum atomic E-state index is 12.9. The van der Waals surface area contributed by atoms with E-state index < -0.39 is 23.2 Å². The SMILES string of the molecule is Cc1cc(O)ccc1NC(=O)c1ccccc1C(F)(F)F. The van der Waals surface area contributed by atoms with Crippen LogP contribution >= 0.6 is 0 Å². The van der Waals surface area contributed by atoms with E-state index in [9.17, 15) is 23.1 Å². The van der Waals surface area contributed by atoms with E-state index in [1.807, 2.05) is 0 Å². The Kier molecular flexibility index (Phi) is 3.88. The Hall–Kier alpha value is -2.50. The highest BCUT2D eigenvalue weighted by molar-refractivity contribution is 6.05. The first-order valence-corrected chi connectivity index (χ1v) is 6.06. The third-order valence-electron chi connectivity index (χ3n) is 2.94. The molecule has 0 heterocycles. The van der Waals surface area contributed by atoms with Gasteiger partial charge in [-0.3, -0.25) is 4.79 Å². The van der Waals surface area contributed by atoms with E-state index >= 15 is 0 Å². The largest absolute Gasteiger partial charge is 0.508 e. The number of amides is 1.